The Balaban J connectivity index is 2.43. The van der Waals surface area contributed by atoms with Crippen LogP contribution in [0.15, 0.2) is 30.5 Å². The van der Waals surface area contributed by atoms with E-state index in [-0.39, 0.29) is 0 Å². The molecule has 0 amide bonds. The molecule has 0 fully saturated rings. The summed E-state index contributed by atoms with van der Waals surface area (Å²) in [5.41, 5.74) is 1.26. The first-order valence-corrected chi connectivity index (χ1v) is 6.68. The smallest absolute Gasteiger partial charge is 0.419 e. The summed E-state index contributed by atoms with van der Waals surface area (Å²) in [6, 6.07) is 7.64. The molecule has 0 atom stereocenters. The summed E-state index contributed by atoms with van der Waals surface area (Å²) in [5.74, 6) is 0. The highest BCUT2D eigenvalue weighted by Crippen LogP contribution is 2.23. The van der Waals surface area contributed by atoms with Crippen molar-refractivity contribution in [2.24, 2.45) is 0 Å². The summed E-state index contributed by atoms with van der Waals surface area (Å²) in [6.07, 6.45) is 3.33. The van der Waals surface area contributed by atoms with Gasteiger partial charge >= 0.3 is 6.09 Å². The lowest BCUT2D eigenvalue weighted by Gasteiger charge is -2.19. The van der Waals surface area contributed by atoms with E-state index in [9.17, 15) is 9.59 Å². The molecule has 0 radical (unpaired) electrons. The zero-order valence-corrected chi connectivity index (χ0v) is 12.1. The third kappa shape index (κ3) is 3.07. The van der Waals surface area contributed by atoms with Crippen molar-refractivity contribution in [1.29, 1.82) is 0 Å². The van der Waals surface area contributed by atoms with Crippen molar-refractivity contribution in [3.63, 3.8) is 0 Å². The number of carbonyl (C=O) groups excluding carboxylic acids is 2. The number of ether oxygens (including phenoxy) is 1. The van der Waals surface area contributed by atoms with Gasteiger partial charge in [0.25, 0.3) is 0 Å². The van der Waals surface area contributed by atoms with Crippen LogP contribution in [0, 0.1) is 0 Å². The quantitative estimate of drug-likeness (QED) is 0.803. The third-order valence-electron chi connectivity index (χ3n) is 2.92. The Morgan fingerprint density at radius 3 is 2.65 bits per heavy atom. The van der Waals surface area contributed by atoms with Crippen LogP contribution in [0.3, 0.4) is 0 Å². The summed E-state index contributed by atoms with van der Waals surface area (Å²) in [7, 11) is 0. The molecule has 0 unspecified atom stereocenters. The second-order valence-corrected chi connectivity index (χ2v) is 5.73. The summed E-state index contributed by atoms with van der Waals surface area (Å²) in [6.45, 7) is 5.51. The van der Waals surface area contributed by atoms with Crippen LogP contribution < -0.4 is 0 Å². The topological polar surface area (TPSA) is 48.3 Å². The molecule has 0 N–H and O–H groups in total. The number of hydrogen-bond acceptors (Lipinski definition) is 3. The van der Waals surface area contributed by atoms with E-state index in [1.165, 1.54) is 4.57 Å². The highest BCUT2D eigenvalue weighted by molar-refractivity contribution is 5.92. The summed E-state index contributed by atoms with van der Waals surface area (Å²) in [5, 5.41) is 0.986. The second-order valence-electron chi connectivity index (χ2n) is 5.73. The first-order valence-electron chi connectivity index (χ1n) is 6.68. The minimum Gasteiger partial charge on any atom is -0.443 e. The maximum absolute atomic E-state index is 12.2. The molecule has 0 saturated carbocycles. The van der Waals surface area contributed by atoms with Crippen molar-refractivity contribution in [3.8, 4) is 0 Å². The molecule has 0 aliphatic rings. The number of aryl methyl sites for hydroxylation is 1. The van der Waals surface area contributed by atoms with Gasteiger partial charge in [0.1, 0.15) is 11.9 Å². The number of fused-ring (bicyclic) bond motifs is 1. The molecule has 20 heavy (non-hydrogen) atoms. The molecule has 0 spiro atoms. The van der Waals surface area contributed by atoms with E-state index in [0.717, 1.165) is 22.8 Å². The molecule has 0 bridgehead atoms. The van der Waals surface area contributed by atoms with Crippen LogP contribution in [-0.4, -0.2) is 22.5 Å². The Morgan fingerprint density at radius 2 is 2.00 bits per heavy atom. The Morgan fingerprint density at radius 1 is 1.30 bits per heavy atom. The summed E-state index contributed by atoms with van der Waals surface area (Å²) < 4.78 is 6.92. The van der Waals surface area contributed by atoms with E-state index in [0.29, 0.717) is 12.8 Å². The van der Waals surface area contributed by atoms with Crippen molar-refractivity contribution >= 4 is 23.3 Å². The molecule has 1 heterocycles. The normalized spacial score (nSPS) is 11.6. The molecule has 1 aromatic heterocycles. The largest absolute Gasteiger partial charge is 0.443 e. The molecule has 2 rings (SSSR count). The lowest BCUT2D eigenvalue weighted by molar-refractivity contribution is -0.107. The fourth-order valence-corrected chi connectivity index (χ4v) is 2.13. The Bertz CT molecular complexity index is 635. The Kier molecular flexibility index (Phi) is 3.93. The summed E-state index contributed by atoms with van der Waals surface area (Å²) >= 11 is 0. The van der Waals surface area contributed by atoms with Gasteiger partial charge < -0.3 is 9.53 Å². The molecular formula is C16H19NO3. The van der Waals surface area contributed by atoms with Crippen LogP contribution in [0.25, 0.3) is 10.9 Å². The van der Waals surface area contributed by atoms with E-state index in [2.05, 4.69) is 0 Å². The number of para-hydroxylation sites is 1. The molecule has 0 aliphatic carbocycles. The number of aromatic nitrogens is 1. The first kappa shape index (κ1) is 14.3. The highest BCUT2D eigenvalue weighted by atomic mass is 16.6. The molecule has 1 aromatic carbocycles. The molecule has 106 valence electrons. The van der Waals surface area contributed by atoms with Crippen molar-refractivity contribution < 1.29 is 14.3 Å². The van der Waals surface area contributed by atoms with Gasteiger partial charge in [-0.25, -0.2) is 4.79 Å². The molecule has 4 heteroatoms. The number of nitrogens with zero attached hydrogens (tertiary/aromatic N) is 1. The molecule has 0 aliphatic heterocycles. The van der Waals surface area contributed by atoms with Crippen LogP contribution in [-0.2, 0) is 16.0 Å². The molecule has 4 nitrogen and oxygen atoms in total. The zero-order valence-electron chi connectivity index (χ0n) is 12.1. The highest BCUT2D eigenvalue weighted by Gasteiger charge is 2.20. The number of rotatable bonds is 3. The average molecular weight is 273 g/mol. The molecule has 2 aromatic rings. The van der Waals surface area contributed by atoms with Gasteiger partial charge in [0.15, 0.2) is 0 Å². The van der Waals surface area contributed by atoms with Crippen LogP contribution in [0.1, 0.15) is 32.8 Å². The van der Waals surface area contributed by atoms with Gasteiger partial charge in [0.05, 0.1) is 5.52 Å². The van der Waals surface area contributed by atoms with E-state index in [1.54, 1.807) is 6.20 Å². The van der Waals surface area contributed by atoms with E-state index in [1.807, 2.05) is 45.0 Å². The third-order valence-corrected chi connectivity index (χ3v) is 2.92. The van der Waals surface area contributed by atoms with Gasteiger partial charge in [-0.3, -0.25) is 4.57 Å². The fraction of sp³-hybridized carbons (Fsp3) is 0.375. The van der Waals surface area contributed by atoms with Gasteiger partial charge in [-0.2, -0.15) is 0 Å². The summed E-state index contributed by atoms with van der Waals surface area (Å²) in [4.78, 5) is 22.8. The Labute approximate surface area is 118 Å². The SMILES string of the molecule is CC(C)(C)OC(=O)n1cc(CCC=O)c2ccccc21. The van der Waals surface area contributed by atoms with Crippen molar-refractivity contribution in [3.05, 3.63) is 36.0 Å². The predicted molar refractivity (Wildman–Crippen MR) is 78.0 cm³/mol. The molecular weight excluding hydrogens is 254 g/mol. The van der Waals surface area contributed by atoms with E-state index < -0.39 is 11.7 Å². The van der Waals surface area contributed by atoms with Crippen LogP contribution >= 0.6 is 0 Å². The van der Waals surface area contributed by atoms with Crippen molar-refractivity contribution in [2.75, 3.05) is 0 Å². The minimum absolute atomic E-state index is 0.397. The van der Waals surface area contributed by atoms with Crippen LogP contribution in [0.4, 0.5) is 4.79 Å². The second kappa shape index (κ2) is 5.49. The van der Waals surface area contributed by atoms with Crippen molar-refractivity contribution in [1.82, 2.24) is 4.57 Å². The fourth-order valence-electron chi connectivity index (χ4n) is 2.13. The first-order chi connectivity index (χ1) is 9.42. The van der Waals surface area contributed by atoms with Crippen molar-refractivity contribution in [2.45, 2.75) is 39.2 Å². The van der Waals surface area contributed by atoms with Gasteiger partial charge in [-0.05, 0) is 38.8 Å². The van der Waals surface area contributed by atoms with Crippen LogP contribution in [0.5, 0.6) is 0 Å². The Hall–Kier alpha value is -2.10. The van der Waals surface area contributed by atoms with Gasteiger partial charge in [-0.1, -0.05) is 18.2 Å². The van der Waals surface area contributed by atoms with E-state index in [4.69, 9.17) is 4.74 Å². The number of aldehydes is 1. The number of benzene rings is 1. The molecule has 0 saturated heterocycles. The standard InChI is InChI=1S/C16H19NO3/c1-16(2,3)20-15(19)17-11-12(7-6-10-18)13-8-4-5-9-14(13)17/h4-5,8-11H,6-7H2,1-3H3. The number of carbonyl (C=O) groups is 2. The lowest BCUT2D eigenvalue weighted by Crippen LogP contribution is -2.26. The average Bonchev–Trinajstić information content (AvgIpc) is 2.73. The van der Waals surface area contributed by atoms with Gasteiger partial charge in [-0.15, -0.1) is 0 Å². The van der Waals surface area contributed by atoms with E-state index >= 15 is 0 Å². The predicted octanol–water partition coefficient (Wildman–Crippen LogP) is 3.56. The maximum atomic E-state index is 12.2. The minimum atomic E-state index is -0.536. The van der Waals surface area contributed by atoms with Crippen LogP contribution in [0.2, 0.25) is 0 Å². The van der Waals surface area contributed by atoms with Gasteiger partial charge in [0, 0.05) is 18.0 Å². The van der Waals surface area contributed by atoms with Gasteiger partial charge in [0.2, 0.25) is 0 Å². The monoisotopic (exact) mass is 273 g/mol. The number of hydrogen-bond donors (Lipinski definition) is 0. The lowest BCUT2D eigenvalue weighted by atomic mass is 10.1. The zero-order chi connectivity index (χ0) is 14.8. The maximum Gasteiger partial charge on any atom is 0.419 e.